The molecule has 0 aliphatic carbocycles. The van der Waals surface area contributed by atoms with Crippen LogP contribution < -0.4 is 10.6 Å². The van der Waals surface area contributed by atoms with Crippen LogP contribution in [0.5, 0.6) is 0 Å². The molecule has 8 heteroatoms. The molecule has 1 aliphatic rings. The molecule has 1 unspecified atom stereocenters. The van der Waals surface area contributed by atoms with E-state index in [0.29, 0.717) is 13.2 Å². The van der Waals surface area contributed by atoms with Gasteiger partial charge in [0.05, 0.1) is 12.7 Å². The number of hydrogen-bond acceptors (Lipinski definition) is 4. The summed E-state index contributed by atoms with van der Waals surface area (Å²) in [5.41, 5.74) is 0.512. The van der Waals surface area contributed by atoms with Crippen LogP contribution in [0.25, 0.3) is 0 Å². The largest absolute Gasteiger partial charge is 0.374 e. The molecule has 1 saturated heterocycles. The van der Waals surface area contributed by atoms with Gasteiger partial charge in [0, 0.05) is 26.2 Å². The van der Waals surface area contributed by atoms with Crippen LogP contribution in [0.2, 0.25) is 0 Å². The summed E-state index contributed by atoms with van der Waals surface area (Å²) in [6, 6.07) is 12.4. The topological polar surface area (TPSA) is 70.7 Å². The van der Waals surface area contributed by atoms with Crippen LogP contribution in [-0.4, -0.2) is 55.1 Å². The first kappa shape index (κ1) is 23.8. The number of benzene rings is 2. The van der Waals surface area contributed by atoms with Crippen molar-refractivity contribution in [1.29, 1.82) is 0 Å². The number of hydrogen-bond donors (Lipinski definition) is 2. The second kappa shape index (κ2) is 11.2. The first-order valence-electron chi connectivity index (χ1n) is 10.8. The van der Waals surface area contributed by atoms with Crippen molar-refractivity contribution in [1.82, 2.24) is 15.5 Å². The fourth-order valence-corrected chi connectivity index (χ4v) is 3.68. The van der Waals surface area contributed by atoms with Crippen molar-refractivity contribution in [2.24, 2.45) is 5.92 Å². The zero-order chi connectivity index (χ0) is 23.1. The van der Waals surface area contributed by atoms with Gasteiger partial charge in [0.1, 0.15) is 23.2 Å². The molecule has 2 aromatic rings. The van der Waals surface area contributed by atoms with Crippen LogP contribution in [0.15, 0.2) is 48.5 Å². The van der Waals surface area contributed by atoms with E-state index in [4.69, 9.17) is 4.74 Å². The molecule has 0 aromatic heterocycles. The summed E-state index contributed by atoms with van der Waals surface area (Å²) in [7, 11) is 0. The molecule has 0 radical (unpaired) electrons. The molecule has 32 heavy (non-hydrogen) atoms. The summed E-state index contributed by atoms with van der Waals surface area (Å²) in [5, 5.41) is 5.27. The highest BCUT2D eigenvalue weighted by molar-refractivity contribution is 5.98. The molecule has 172 valence electrons. The zero-order valence-corrected chi connectivity index (χ0v) is 18.3. The van der Waals surface area contributed by atoms with Gasteiger partial charge in [-0.05, 0) is 23.6 Å². The number of rotatable bonds is 8. The first-order valence-corrected chi connectivity index (χ1v) is 10.8. The predicted molar refractivity (Wildman–Crippen MR) is 117 cm³/mol. The molecule has 2 N–H and O–H groups in total. The smallest absolute Gasteiger partial charge is 0.257 e. The monoisotopic (exact) mass is 445 g/mol. The van der Waals surface area contributed by atoms with Crippen molar-refractivity contribution >= 4 is 11.8 Å². The average molecular weight is 446 g/mol. The van der Waals surface area contributed by atoms with Crippen molar-refractivity contribution in [2.75, 3.05) is 26.2 Å². The van der Waals surface area contributed by atoms with Crippen molar-refractivity contribution < 1.29 is 23.1 Å². The zero-order valence-electron chi connectivity index (χ0n) is 18.3. The van der Waals surface area contributed by atoms with Crippen LogP contribution in [-0.2, 0) is 16.1 Å². The summed E-state index contributed by atoms with van der Waals surface area (Å²) in [4.78, 5) is 27.4. The van der Waals surface area contributed by atoms with E-state index in [1.54, 1.807) is 13.8 Å². The van der Waals surface area contributed by atoms with E-state index in [9.17, 15) is 18.4 Å². The Hall–Kier alpha value is -2.84. The van der Waals surface area contributed by atoms with Crippen molar-refractivity contribution in [2.45, 2.75) is 32.5 Å². The third-order valence-corrected chi connectivity index (χ3v) is 5.40. The number of nitrogens with one attached hydrogen (secondary N) is 2. The Morgan fingerprint density at radius 2 is 1.78 bits per heavy atom. The summed E-state index contributed by atoms with van der Waals surface area (Å²) in [6.07, 6.45) is -0.191. The molecule has 2 atom stereocenters. The Morgan fingerprint density at radius 3 is 2.44 bits per heavy atom. The number of carbonyl (C=O) groups excluding carboxylic acids is 2. The Bertz CT molecular complexity index is 904. The lowest BCUT2D eigenvalue weighted by Crippen LogP contribution is -2.53. The van der Waals surface area contributed by atoms with Crippen LogP contribution >= 0.6 is 0 Å². The minimum Gasteiger partial charge on any atom is -0.374 e. The van der Waals surface area contributed by atoms with Crippen molar-refractivity contribution in [3.8, 4) is 0 Å². The van der Waals surface area contributed by atoms with E-state index < -0.39 is 35.1 Å². The Balaban J connectivity index is 1.55. The standard InChI is InChI=1S/C24H29F2N3O3/c1-16(2)22(28-23(30)21-19(25)9-6-10-20(21)26)24(31)27-13-18-15-29(11-12-32-18)14-17-7-4-3-5-8-17/h3-10,16,18,22H,11-15H2,1-2H3,(H,27,31)(H,28,30)/t18?,22-/m0/s1. The molecule has 2 amide bonds. The van der Waals surface area contributed by atoms with E-state index in [2.05, 4.69) is 27.7 Å². The molecule has 0 saturated carbocycles. The van der Waals surface area contributed by atoms with Gasteiger partial charge in [0.15, 0.2) is 0 Å². The average Bonchev–Trinajstić information content (AvgIpc) is 2.76. The highest BCUT2D eigenvalue weighted by Crippen LogP contribution is 2.14. The van der Waals surface area contributed by atoms with Gasteiger partial charge in [-0.15, -0.1) is 0 Å². The fourth-order valence-electron chi connectivity index (χ4n) is 3.68. The van der Waals surface area contributed by atoms with Crippen molar-refractivity contribution in [3.63, 3.8) is 0 Å². The second-order valence-corrected chi connectivity index (χ2v) is 8.25. The van der Waals surface area contributed by atoms with Gasteiger partial charge >= 0.3 is 0 Å². The van der Waals surface area contributed by atoms with Gasteiger partial charge < -0.3 is 15.4 Å². The van der Waals surface area contributed by atoms with Gasteiger partial charge in [0.2, 0.25) is 5.91 Å². The van der Waals surface area contributed by atoms with Crippen LogP contribution in [0.1, 0.15) is 29.8 Å². The van der Waals surface area contributed by atoms with Gasteiger partial charge in [0.25, 0.3) is 5.91 Å². The number of nitrogens with zero attached hydrogens (tertiary/aromatic N) is 1. The quantitative estimate of drug-likeness (QED) is 0.656. The molecule has 1 aliphatic heterocycles. The summed E-state index contributed by atoms with van der Waals surface area (Å²) >= 11 is 0. The Labute approximate surface area is 186 Å². The number of ether oxygens (including phenoxy) is 1. The third-order valence-electron chi connectivity index (χ3n) is 5.40. The minimum absolute atomic E-state index is 0.191. The summed E-state index contributed by atoms with van der Waals surface area (Å²) in [5.74, 6) is -3.61. The highest BCUT2D eigenvalue weighted by Gasteiger charge is 2.28. The molecule has 0 spiro atoms. The number of morpholine rings is 1. The number of halogens is 2. The maximum atomic E-state index is 13.9. The first-order chi connectivity index (χ1) is 15.3. The highest BCUT2D eigenvalue weighted by atomic mass is 19.1. The van der Waals surface area contributed by atoms with Gasteiger partial charge in [-0.3, -0.25) is 14.5 Å². The Kier molecular flexibility index (Phi) is 8.30. The molecular weight excluding hydrogens is 416 g/mol. The molecule has 6 nitrogen and oxygen atoms in total. The maximum absolute atomic E-state index is 13.9. The van der Waals surface area contributed by atoms with Gasteiger partial charge in [-0.1, -0.05) is 50.2 Å². The van der Waals surface area contributed by atoms with E-state index in [-0.39, 0.29) is 18.6 Å². The van der Waals surface area contributed by atoms with Gasteiger partial charge in [-0.25, -0.2) is 8.78 Å². The predicted octanol–water partition coefficient (Wildman–Crippen LogP) is 2.74. The Morgan fingerprint density at radius 1 is 1.09 bits per heavy atom. The molecule has 2 aromatic carbocycles. The summed E-state index contributed by atoms with van der Waals surface area (Å²) in [6.45, 7) is 6.60. The molecule has 1 fully saturated rings. The van der Waals surface area contributed by atoms with Crippen molar-refractivity contribution in [3.05, 3.63) is 71.3 Å². The molecule has 3 rings (SSSR count). The lowest BCUT2D eigenvalue weighted by Gasteiger charge is -2.33. The third kappa shape index (κ3) is 6.34. The van der Waals surface area contributed by atoms with Crippen LogP contribution in [0.4, 0.5) is 8.78 Å². The van der Waals surface area contributed by atoms with Crippen LogP contribution in [0, 0.1) is 17.6 Å². The number of carbonyl (C=O) groups is 2. The van der Waals surface area contributed by atoms with Crippen LogP contribution in [0.3, 0.4) is 0 Å². The summed E-state index contributed by atoms with van der Waals surface area (Å²) < 4.78 is 33.6. The minimum atomic E-state index is -0.973. The lowest BCUT2D eigenvalue weighted by molar-refractivity contribution is -0.125. The second-order valence-electron chi connectivity index (χ2n) is 8.25. The lowest BCUT2D eigenvalue weighted by atomic mass is 10.0. The molecular formula is C24H29F2N3O3. The van der Waals surface area contributed by atoms with Gasteiger partial charge in [-0.2, -0.15) is 0 Å². The fraction of sp³-hybridized carbons (Fsp3) is 0.417. The van der Waals surface area contributed by atoms with E-state index in [0.717, 1.165) is 25.2 Å². The molecule has 0 bridgehead atoms. The normalized spacial score (nSPS) is 17.7. The van der Waals surface area contributed by atoms with E-state index in [1.165, 1.54) is 11.6 Å². The number of amides is 2. The van der Waals surface area contributed by atoms with E-state index in [1.807, 2.05) is 18.2 Å². The SMILES string of the molecule is CC(C)[C@H](NC(=O)c1c(F)cccc1F)C(=O)NCC1CN(Cc2ccccc2)CCO1. The maximum Gasteiger partial charge on any atom is 0.257 e. The molecule has 1 heterocycles. The van der Waals surface area contributed by atoms with E-state index >= 15 is 0 Å².